The number of carbonyl (C=O) groups is 2. The van der Waals surface area contributed by atoms with Crippen LogP contribution in [0.15, 0.2) is 67.3 Å². The molecule has 7 heteroatoms. The van der Waals surface area contributed by atoms with Crippen molar-refractivity contribution < 1.29 is 9.59 Å². The van der Waals surface area contributed by atoms with Gasteiger partial charge in [-0.15, -0.1) is 0 Å². The van der Waals surface area contributed by atoms with Crippen LogP contribution in [0.1, 0.15) is 10.4 Å². The smallest absolute Gasteiger partial charge is 0.316 e. The maximum absolute atomic E-state index is 12.3. The third-order valence-corrected chi connectivity index (χ3v) is 3.32. The number of anilines is 2. The number of aromatic nitrogens is 2. The molecule has 0 unspecified atom stereocenters. The van der Waals surface area contributed by atoms with E-state index in [4.69, 9.17) is 5.73 Å². The molecule has 3 aromatic rings. The molecule has 0 bridgehead atoms. The van der Waals surface area contributed by atoms with Crippen LogP contribution in [0.25, 0.3) is 5.69 Å². The van der Waals surface area contributed by atoms with E-state index >= 15 is 0 Å². The molecule has 0 aliphatic rings. The van der Waals surface area contributed by atoms with Crippen molar-refractivity contribution in [1.82, 2.24) is 9.55 Å². The fraction of sp³-hybridized carbons (Fsp3) is 0. The van der Waals surface area contributed by atoms with E-state index in [9.17, 15) is 9.59 Å². The van der Waals surface area contributed by atoms with Crippen LogP contribution in [0.3, 0.4) is 0 Å². The maximum Gasteiger partial charge on any atom is 0.316 e. The average molecular weight is 321 g/mol. The first-order chi connectivity index (χ1) is 11.6. The summed E-state index contributed by atoms with van der Waals surface area (Å²) in [7, 11) is 0. The Morgan fingerprint density at radius 1 is 1.00 bits per heavy atom. The molecule has 0 aliphatic carbocycles. The van der Waals surface area contributed by atoms with Gasteiger partial charge in [0.25, 0.3) is 5.91 Å². The summed E-state index contributed by atoms with van der Waals surface area (Å²) in [5.41, 5.74) is 7.58. The molecule has 0 aliphatic heterocycles. The lowest BCUT2D eigenvalue weighted by Crippen LogP contribution is -2.19. The van der Waals surface area contributed by atoms with Crippen LogP contribution < -0.4 is 16.4 Å². The molecular formula is C17H15N5O2. The second-order valence-electron chi connectivity index (χ2n) is 5.04. The number of nitrogens with one attached hydrogen (secondary N) is 2. The zero-order valence-corrected chi connectivity index (χ0v) is 12.6. The summed E-state index contributed by atoms with van der Waals surface area (Å²) in [5, 5.41) is 5.24. The quantitative estimate of drug-likeness (QED) is 0.688. The van der Waals surface area contributed by atoms with Crippen molar-refractivity contribution in [3.63, 3.8) is 0 Å². The summed E-state index contributed by atoms with van der Waals surface area (Å²) >= 11 is 0. The Morgan fingerprint density at radius 2 is 1.71 bits per heavy atom. The minimum Gasteiger partial charge on any atom is -0.351 e. The third-order valence-electron chi connectivity index (χ3n) is 3.32. The van der Waals surface area contributed by atoms with Gasteiger partial charge in [0.05, 0.1) is 6.33 Å². The summed E-state index contributed by atoms with van der Waals surface area (Å²) < 4.78 is 1.85. The minimum absolute atomic E-state index is 0.247. The average Bonchev–Trinajstić information content (AvgIpc) is 3.09. The Hall–Kier alpha value is -3.61. The van der Waals surface area contributed by atoms with Crippen molar-refractivity contribution in [1.29, 1.82) is 0 Å². The Balaban J connectivity index is 1.72. The third kappa shape index (κ3) is 3.58. The first kappa shape index (κ1) is 15.3. The minimum atomic E-state index is -0.659. The molecule has 0 radical (unpaired) electrons. The number of rotatable bonds is 4. The van der Waals surface area contributed by atoms with Crippen molar-refractivity contribution >= 4 is 23.3 Å². The number of imidazole rings is 1. The highest BCUT2D eigenvalue weighted by molar-refractivity contribution is 6.04. The Labute approximate surface area is 138 Å². The molecular weight excluding hydrogens is 306 g/mol. The summed E-state index contributed by atoms with van der Waals surface area (Å²) in [6.45, 7) is 0. The van der Waals surface area contributed by atoms with E-state index in [1.807, 2.05) is 22.9 Å². The predicted octanol–water partition coefficient (Wildman–Crippen LogP) is 2.62. The summed E-state index contributed by atoms with van der Waals surface area (Å²) in [4.78, 5) is 27.2. The van der Waals surface area contributed by atoms with Crippen LogP contribution in [0, 0.1) is 0 Å². The maximum atomic E-state index is 12.3. The number of benzene rings is 2. The van der Waals surface area contributed by atoms with Gasteiger partial charge >= 0.3 is 6.03 Å². The molecule has 4 N–H and O–H groups in total. The fourth-order valence-corrected chi connectivity index (χ4v) is 2.22. The van der Waals surface area contributed by atoms with Crippen LogP contribution in [0.4, 0.5) is 16.2 Å². The van der Waals surface area contributed by atoms with Gasteiger partial charge < -0.3 is 20.9 Å². The van der Waals surface area contributed by atoms with Crippen molar-refractivity contribution in [3.8, 4) is 5.69 Å². The number of nitrogens with zero attached hydrogens (tertiary/aromatic N) is 2. The van der Waals surface area contributed by atoms with Gasteiger partial charge in [-0.2, -0.15) is 0 Å². The van der Waals surface area contributed by atoms with Gasteiger partial charge in [-0.1, -0.05) is 6.07 Å². The Kier molecular flexibility index (Phi) is 4.24. The standard InChI is InChI=1S/C17H15N5O2/c18-17(24)21-14-3-1-2-13(10-14)20-16(23)12-4-6-15(7-5-12)22-9-8-19-11-22/h1-11H,(H,20,23)(H3,18,21,24). The molecule has 1 aromatic heterocycles. The number of carbonyl (C=O) groups excluding carboxylic acids is 2. The molecule has 120 valence electrons. The number of primary amides is 1. The Morgan fingerprint density at radius 3 is 2.33 bits per heavy atom. The van der Waals surface area contributed by atoms with Crippen molar-refractivity contribution in [2.24, 2.45) is 5.73 Å². The van der Waals surface area contributed by atoms with Crippen LogP contribution in [0.2, 0.25) is 0 Å². The van der Waals surface area contributed by atoms with Gasteiger partial charge in [0.15, 0.2) is 0 Å². The summed E-state index contributed by atoms with van der Waals surface area (Å²) in [6, 6.07) is 13.2. The molecule has 0 saturated heterocycles. The zero-order chi connectivity index (χ0) is 16.9. The fourth-order valence-electron chi connectivity index (χ4n) is 2.22. The second kappa shape index (κ2) is 6.66. The van der Waals surface area contributed by atoms with E-state index < -0.39 is 6.03 Å². The lowest BCUT2D eigenvalue weighted by molar-refractivity contribution is 0.102. The number of urea groups is 1. The topological polar surface area (TPSA) is 102 Å². The van der Waals surface area contributed by atoms with E-state index in [2.05, 4.69) is 15.6 Å². The predicted molar refractivity (Wildman–Crippen MR) is 91.2 cm³/mol. The number of hydrogen-bond acceptors (Lipinski definition) is 3. The molecule has 2 aromatic carbocycles. The van der Waals surface area contributed by atoms with E-state index in [1.165, 1.54) is 0 Å². The van der Waals surface area contributed by atoms with Gasteiger partial charge in [-0.05, 0) is 42.5 Å². The molecule has 0 saturated carbocycles. The van der Waals surface area contributed by atoms with E-state index in [-0.39, 0.29) is 5.91 Å². The van der Waals surface area contributed by atoms with Gasteiger partial charge in [0.2, 0.25) is 0 Å². The van der Waals surface area contributed by atoms with Crippen molar-refractivity contribution in [3.05, 3.63) is 72.8 Å². The largest absolute Gasteiger partial charge is 0.351 e. The highest BCUT2D eigenvalue weighted by Crippen LogP contribution is 2.16. The van der Waals surface area contributed by atoms with Gasteiger partial charge in [-0.3, -0.25) is 4.79 Å². The summed E-state index contributed by atoms with van der Waals surface area (Å²) in [5.74, 6) is -0.247. The van der Waals surface area contributed by atoms with Gasteiger partial charge in [0.1, 0.15) is 0 Å². The van der Waals surface area contributed by atoms with E-state index in [0.29, 0.717) is 16.9 Å². The molecule has 0 spiro atoms. The first-order valence-electron chi connectivity index (χ1n) is 7.18. The van der Waals surface area contributed by atoms with E-state index in [1.54, 1.807) is 48.9 Å². The number of hydrogen-bond donors (Lipinski definition) is 3. The van der Waals surface area contributed by atoms with Gasteiger partial charge in [0, 0.05) is 35.0 Å². The SMILES string of the molecule is NC(=O)Nc1cccc(NC(=O)c2ccc(-n3ccnc3)cc2)c1. The van der Waals surface area contributed by atoms with Crippen molar-refractivity contribution in [2.45, 2.75) is 0 Å². The van der Waals surface area contributed by atoms with Crippen LogP contribution >= 0.6 is 0 Å². The second-order valence-corrected chi connectivity index (χ2v) is 5.04. The Bertz CT molecular complexity index is 857. The lowest BCUT2D eigenvalue weighted by Gasteiger charge is -2.08. The van der Waals surface area contributed by atoms with Crippen LogP contribution in [-0.2, 0) is 0 Å². The molecule has 3 rings (SSSR count). The molecule has 0 atom stereocenters. The number of nitrogens with two attached hydrogens (primary N) is 1. The van der Waals surface area contributed by atoms with Gasteiger partial charge in [-0.25, -0.2) is 9.78 Å². The first-order valence-corrected chi connectivity index (χ1v) is 7.18. The lowest BCUT2D eigenvalue weighted by atomic mass is 10.2. The summed E-state index contributed by atoms with van der Waals surface area (Å²) in [6.07, 6.45) is 5.20. The van der Waals surface area contributed by atoms with Crippen LogP contribution in [0.5, 0.6) is 0 Å². The van der Waals surface area contributed by atoms with Crippen molar-refractivity contribution in [2.75, 3.05) is 10.6 Å². The molecule has 0 fully saturated rings. The highest BCUT2D eigenvalue weighted by Gasteiger charge is 2.07. The monoisotopic (exact) mass is 321 g/mol. The molecule has 1 heterocycles. The number of amides is 3. The molecule has 24 heavy (non-hydrogen) atoms. The normalized spacial score (nSPS) is 10.2. The van der Waals surface area contributed by atoms with E-state index in [0.717, 1.165) is 5.69 Å². The van der Waals surface area contributed by atoms with Crippen LogP contribution in [-0.4, -0.2) is 21.5 Å². The molecule has 3 amide bonds. The zero-order valence-electron chi connectivity index (χ0n) is 12.6. The molecule has 7 nitrogen and oxygen atoms in total. The highest BCUT2D eigenvalue weighted by atomic mass is 16.2.